The number of thioether (sulfide) groups is 1. The fraction of sp³-hybridized carbons (Fsp3) is 0.421. The van der Waals surface area contributed by atoms with Crippen molar-refractivity contribution in [1.29, 1.82) is 0 Å². The van der Waals surface area contributed by atoms with Gasteiger partial charge in [-0.1, -0.05) is 43.8 Å². The van der Waals surface area contributed by atoms with E-state index in [0.717, 1.165) is 0 Å². The van der Waals surface area contributed by atoms with E-state index >= 15 is 0 Å². The minimum atomic E-state index is -0.867. The number of amides is 1. The zero-order valence-corrected chi connectivity index (χ0v) is 16.0. The molecule has 0 saturated carbocycles. The summed E-state index contributed by atoms with van der Waals surface area (Å²) in [6.45, 7) is 7.58. The maximum absolute atomic E-state index is 14.6. The Kier molecular flexibility index (Phi) is 5.18. The average molecular weight is 376 g/mol. The molecule has 2 heterocycles. The van der Waals surface area contributed by atoms with Crippen molar-refractivity contribution in [2.24, 2.45) is 10.9 Å². The van der Waals surface area contributed by atoms with E-state index in [-0.39, 0.29) is 34.8 Å². The van der Waals surface area contributed by atoms with E-state index in [1.807, 2.05) is 13.8 Å². The highest BCUT2D eigenvalue weighted by molar-refractivity contribution is 8.15. The molecule has 0 spiro atoms. The largest absolute Gasteiger partial charge is 0.462 e. The van der Waals surface area contributed by atoms with Crippen LogP contribution in [0.1, 0.15) is 39.3 Å². The Balaban J connectivity index is 2.10. The van der Waals surface area contributed by atoms with Crippen LogP contribution in [0.5, 0.6) is 0 Å². The number of carbonyl (C=O) groups excluding carboxylic acids is 2. The summed E-state index contributed by atoms with van der Waals surface area (Å²) in [6.07, 6.45) is 0. The first-order valence-electron chi connectivity index (χ1n) is 8.52. The van der Waals surface area contributed by atoms with Crippen molar-refractivity contribution in [3.8, 4) is 0 Å². The van der Waals surface area contributed by atoms with Gasteiger partial charge in [-0.2, -0.15) is 0 Å². The highest BCUT2D eigenvalue weighted by atomic mass is 32.2. The normalized spacial score (nSPS) is 22.6. The molecule has 0 aliphatic carbocycles. The minimum absolute atomic E-state index is 0.165. The van der Waals surface area contributed by atoms with E-state index in [0.29, 0.717) is 10.9 Å². The standard InChI is InChI=1S/C19H21FN2O3S/c1-10(2)9-25-18(24)15-11(3)21-19-22(17(23)12(4)26-19)16(15)13-7-5-6-8-14(13)20/h5-8,10,12,16H,9H2,1-4H3. The summed E-state index contributed by atoms with van der Waals surface area (Å²) in [5.41, 5.74) is 0.925. The van der Waals surface area contributed by atoms with Gasteiger partial charge in [0.2, 0.25) is 5.91 Å². The van der Waals surface area contributed by atoms with Gasteiger partial charge in [0.1, 0.15) is 11.9 Å². The van der Waals surface area contributed by atoms with Crippen molar-refractivity contribution >= 4 is 28.8 Å². The highest BCUT2D eigenvalue weighted by Gasteiger charge is 2.47. The Labute approximate surface area is 156 Å². The van der Waals surface area contributed by atoms with Gasteiger partial charge in [-0.3, -0.25) is 9.69 Å². The van der Waals surface area contributed by atoms with Crippen LogP contribution >= 0.6 is 11.8 Å². The van der Waals surface area contributed by atoms with Gasteiger partial charge in [0.25, 0.3) is 0 Å². The summed E-state index contributed by atoms with van der Waals surface area (Å²) in [7, 11) is 0. The topological polar surface area (TPSA) is 59.0 Å². The van der Waals surface area contributed by atoms with Gasteiger partial charge >= 0.3 is 5.97 Å². The second-order valence-corrected chi connectivity index (χ2v) is 8.09. The summed E-state index contributed by atoms with van der Waals surface area (Å²) in [5, 5.41) is 0.163. The quantitative estimate of drug-likeness (QED) is 0.753. The summed E-state index contributed by atoms with van der Waals surface area (Å²) in [5.74, 6) is -1.07. The number of nitrogens with zero attached hydrogens (tertiary/aromatic N) is 2. The SMILES string of the molecule is CC1=C(C(=O)OCC(C)C)C(c2ccccc2F)N2C(=O)C(C)SC2=N1. The van der Waals surface area contributed by atoms with E-state index in [9.17, 15) is 14.0 Å². The zero-order chi connectivity index (χ0) is 19.0. The number of aliphatic imine (C=N–C) groups is 1. The molecule has 0 bridgehead atoms. The Hall–Kier alpha value is -2.15. The van der Waals surface area contributed by atoms with Gasteiger partial charge in [0.05, 0.1) is 23.1 Å². The molecule has 138 valence electrons. The zero-order valence-electron chi connectivity index (χ0n) is 15.2. The monoisotopic (exact) mass is 376 g/mol. The lowest BCUT2D eigenvalue weighted by Crippen LogP contribution is -2.41. The molecule has 1 saturated heterocycles. The number of ether oxygens (including phenoxy) is 1. The van der Waals surface area contributed by atoms with Crippen molar-refractivity contribution in [1.82, 2.24) is 4.90 Å². The third kappa shape index (κ3) is 3.28. The van der Waals surface area contributed by atoms with Crippen LogP contribution < -0.4 is 0 Å². The number of hydrogen-bond donors (Lipinski definition) is 0. The molecule has 2 aliphatic heterocycles. The molecule has 0 radical (unpaired) electrons. The molecule has 1 amide bonds. The van der Waals surface area contributed by atoms with Gasteiger partial charge in [0.15, 0.2) is 5.17 Å². The summed E-state index contributed by atoms with van der Waals surface area (Å²) >= 11 is 1.32. The molecule has 5 nitrogen and oxygen atoms in total. The van der Waals surface area contributed by atoms with E-state index in [1.54, 1.807) is 32.0 Å². The Morgan fingerprint density at radius 2 is 2.08 bits per heavy atom. The number of hydrogen-bond acceptors (Lipinski definition) is 5. The third-order valence-electron chi connectivity index (χ3n) is 4.23. The number of allylic oxidation sites excluding steroid dienone is 1. The first kappa shape index (κ1) is 18.6. The van der Waals surface area contributed by atoms with Crippen LogP contribution in [0.3, 0.4) is 0 Å². The predicted molar refractivity (Wildman–Crippen MR) is 99.0 cm³/mol. The molecule has 26 heavy (non-hydrogen) atoms. The second kappa shape index (κ2) is 7.23. The smallest absolute Gasteiger partial charge is 0.338 e. The van der Waals surface area contributed by atoms with E-state index in [1.165, 1.54) is 22.7 Å². The Morgan fingerprint density at radius 1 is 1.38 bits per heavy atom. The maximum atomic E-state index is 14.6. The Morgan fingerprint density at radius 3 is 2.73 bits per heavy atom. The van der Waals surface area contributed by atoms with Crippen LogP contribution in [0.15, 0.2) is 40.5 Å². The molecule has 2 atom stereocenters. The van der Waals surface area contributed by atoms with Gasteiger partial charge < -0.3 is 4.74 Å². The van der Waals surface area contributed by atoms with Gasteiger partial charge in [-0.05, 0) is 25.8 Å². The molecule has 7 heteroatoms. The van der Waals surface area contributed by atoms with Crippen molar-refractivity contribution < 1.29 is 18.7 Å². The number of carbonyl (C=O) groups is 2. The molecule has 3 rings (SSSR count). The lowest BCUT2D eigenvalue weighted by atomic mass is 9.94. The van der Waals surface area contributed by atoms with Crippen molar-refractivity contribution in [3.63, 3.8) is 0 Å². The van der Waals surface area contributed by atoms with E-state index < -0.39 is 17.8 Å². The number of rotatable bonds is 4. The summed E-state index contributed by atoms with van der Waals surface area (Å²) < 4.78 is 20.0. The minimum Gasteiger partial charge on any atom is -0.462 e. The molecular weight excluding hydrogens is 355 g/mol. The highest BCUT2D eigenvalue weighted by Crippen LogP contribution is 2.43. The van der Waals surface area contributed by atoms with Crippen LogP contribution in [0.2, 0.25) is 0 Å². The van der Waals surface area contributed by atoms with Crippen molar-refractivity contribution in [2.45, 2.75) is 39.0 Å². The third-order valence-corrected chi connectivity index (χ3v) is 5.28. The van der Waals surface area contributed by atoms with Crippen molar-refractivity contribution in [2.75, 3.05) is 6.61 Å². The molecule has 1 fully saturated rings. The molecule has 0 N–H and O–H groups in total. The van der Waals surface area contributed by atoms with Gasteiger partial charge in [0, 0.05) is 5.56 Å². The summed E-state index contributed by atoms with van der Waals surface area (Å²) in [4.78, 5) is 31.3. The summed E-state index contributed by atoms with van der Waals surface area (Å²) in [6, 6.07) is 5.31. The fourth-order valence-electron chi connectivity index (χ4n) is 2.97. The molecular formula is C19H21FN2O3S. The number of esters is 1. The van der Waals surface area contributed by atoms with Crippen LogP contribution in [0.25, 0.3) is 0 Å². The average Bonchev–Trinajstić information content (AvgIpc) is 2.86. The van der Waals surface area contributed by atoms with Crippen LogP contribution in [-0.2, 0) is 14.3 Å². The predicted octanol–water partition coefficient (Wildman–Crippen LogP) is 3.67. The number of fused-ring (bicyclic) bond motifs is 1. The Bertz CT molecular complexity index is 819. The molecule has 1 aromatic rings. The molecule has 2 unspecified atom stereocenters. The molecule has 2 aliphatic rings. The number of halogens is 1. The van der Waals surface area contributed by atoms with E-state index in [2.05, 4.69) is 4.99 Å². The number of amidine groups is 1. The fourth-order valence-corrected chi connectivity index (χ4v) is 4.00. The van der Waals surface area contributed by atoms with E-state index in [4.69, 9.17) is 4.74 Å². The number of benzene rings is 1. The second-order valence-electron chi connectivity index (χ2n) is 6.78. The lowest BCUT2D eigenvalue weighted by Gasteiger charge is -2.33. The van der Waals surface area contributed by atoms with Crippen LogP contribution in [0, 0.1) is 11.7 Å². The van der Waals surface area contributed by atoms with Crippen LogP contribution in [-0.4, -0.2) is 33.8 Å². The van der Waals surface area contributed by atoms with Crippen LogP contribution in [0.4, 0.5) is 4.39 Å². The van der Waals surface area contributed by atoms with Gasteiger partial charge in [-0.15, -0.1) is 0 Å². The van der Waals surface area contributed by atoms with Gasteiger partial charge in [-0.25, -0.2) is 14.2 Å². The first-order valence-corrected chi connectivity index (χ1v) is 9.40. The molecule has 1 aromatic carbocycles. The van der Waals surface area contributed by atoms with Crippen molar-refractivity contribution in [3.05, 3.63) is 46.9 Å². The lowest BCUT2D eigenvalue weighted by molar-refractivity contribution is -0.141. The maximum Gasteiger partial charge on any atom is 0.338 e. The first-order chi connectivity index (χ1) is 12.3. The molecule has 0 aromatic heterocycles.